The molecule has 1 heterocycles. The van der Waals surface area contributed by atoms with Crippen molar-refractivity contribution in [2.45, 2.75) is 57.2 Å². The first-order valence-corrected chi connectivity index (χ1v) is 13.4. The van der Waals surface area contributed by atoms with Gasteiger partial charge in [0.25, 0.3) is 0 Å². The zero-order valence-corrected chi connectivity index (χ0v) is 21.2. The minimum Gasteiger partial charge on any atom is -0.491 e. The summed E-state index contributed by atoms with van der Waals surface area (Å²) >= 11 is 0. The van der Waals surface area contributed by atoms with Gasteiger partial charge < -0.3 is 10.1 Å². The van der Waals surface area contributed by atoms with Crippen LogP contribution in [-0.2, 0) is 27.8 Å². The monoisotopic (exact) mass is 492 g/mol. The van der Waals surface area contributed by atoms with Crippen LogP contribution in [0.3, 0.4) is 0 Å². The minimum absolute atomic E-state index is 0.0522. The molecule has 1 atom stereocenters. The van der Waals surface area contributed by atoms with Gasteiger partial charge in [0, 0.05) is 19.5 Å². The Balaban J connectivity index is 1.51. The highest BCUT2D eigenvalue weighted by Crippen LogP contribution is 2.36. The minimum atomic E-state index is -3.76. The normalized spacial score (nSPS) is 16.1. The molecular formula is C28H32N2O4S. The molecule has 0 radical (unpaired) electrons. The van der Waals surface area contributed by atoms with Crippen LogP contribution in [0.15, 0.2) is 77.7 Å². The van der Waals surface area contributed by atoms with Crippen molar-refractivity contribution >= 4 is 15.9 Å². The van der Waals surface area contributed by atoms with E-state index in [1.807, 2.05) is 69.3 Å². The van der Waals surface area contributed by atoms with Crippen molar-refractivity contribution in [1.82, 2.24) is 9.62 Å². The maximum absolute atomic E-state index is 13.6. The van der Waals surface area contributed by atoms with E-state index in [4.69, 9.17) is 4.74 Å². The fourth-order valence-electron chi connectivity index (χ4n) is 4.38. The highest BCUT2D eigenvalue weighted by atomic mass is 32.2. The number of ether oxygens (including phenoxy) is 1. The van der Waals surface area contributed by atoms with Crippen molar-refractivity contribution in [1.29, 1.82) is 0 Å². The average molecular weight is 493 g/mol. The first kappa shape index (κ1) is 24.9. The summed E-state index contributed by atoms with van der Waals surface area (Å²) in [5.41, 5.74) is 3.91. The topological polar surface area (TPSA) is 75.7 Å². The number of fused-ring (bicyclic) bond motifs is 1. The maximum atomic E-state index is 13.6. The quantitative estimate of drug-likeness (QED) is 0.491. The molecule has 1 unspecified atom stereocenters. The van der Waals surface area contributed by atoms with Crippen LogP contribution >= 0.6 is 0 Å². The number of nitrogens with zero attached hydrogens (tertiary/aromatic N) is 1. The van der Waals surface area contributed by atoms with Crippen LogP contribution < -0.4 is 10.1 Å². The van der Waals surface area contributed by atoms with E-state index in [0.717, 1.165) is 28.0 Å². The third-order valence-corrected chi connectivity index (χ3v) is 8.08. The van der Waals surface area contributed by atoms with Crippen LogP contribution in [0.5, 0.6) is 5.75 Å². The van der Waals surface area contributed by atoms with Crippen molar-refractivity contribution in [3.8, 4) is 5.75 Å². The number of rotatable bonds is 8. The van der Waals surface area contributed by atoms with E-state index >= 15 is 0 Å². The van der Waals surface area contributed by atoms with Crippen LogP contribution in [0.25, 0.3) is 0 Å². The summed E-state index contributed by atoms with van der Waals surface area (Å²) in [6.07, 6.45) is 0.763. The van der Waals surface area contributed by atoms with E-state index < -0.39 is 16.1 Å². The van der Waals surface area contributed by atoms with Gasteiger partial charge in [-0.2, -0.15) is 4.31 Å². The SMILES string of the molecule is Cc1ccc(S(=O)(=O)N2CCc3ccccc3C2CC(=O)NCc2ccc(OC(C)C)cc2)cc1. The predicted molar refractivity (Wildman–Crippen MR) is 137 cm³/mol. The Morgan fingerprint density at radius 3 is 2.40 bits per heavy atom. The zero-order valence-electron chi connectivity index (χ0n) is 20.4. The molecule has 3 aromatic rings. The fourth-order valence-corrected chi connectivity index (χ4v) is 5.99. The van der Waals surface area contributed by atoms with Crippen molar-refractivity contribution < 1.29 is 17.9 Å². The lowest BCUT2D eigenvalue weighted by molar-refractivity contribution is -0.122. The Bertz CT molecular complexity index is 1270. The fraction of sp³-hybridized carbons (Fsp3) is 0.321. The summed E-state index contributed by atoms with van der Waals surface area (Å²) in [6, 6.07) is 21.7. The highest BCUT2D eigenvalue weighted by Gasteiger charge is 2.37. The third-order valence-electron chi connectivity index (χ3n) is 6.15. The molecule has 35 heavy (non-hydrogen) atoms. The number of sulfonamides is 1. The Labute approximate surface area is 208 Å². The van der Waals surface area contributed by atoms with Crippen molar-refractivity contribution in [2.75, 3.05) is 6.54 Å². The smallest absolute Gasteiger partial charge is 0.243 e. The summed E-state index contributed by atoms with van der Waals surface area (Å²) in [5.74, 6) is 0.587. The number of carbonyl (C=O) groups is 1. The maximum Gasteiger partial charge on any atom is 0.243 e. The van der Waals surface area contributed by atoms with Gasteiger partial charge in [0.05, 0.1) is 17.0 Å². The first-order chi connectivity index (χ1) is 16.7. The van der Waals surface area contributed by atoms with Gasteiger partial charge in [0.15, 0.2) is 0 Å². The number of amides is 1. The lowest BCUT2D eigenvalue weighted by Crippen LogP contribution is -2.42. The number of aryl methyl sites for hydroxylation is 1. The Morgan fingerprint density at radius 2 is 1.71 bits per heavy atom. The summed E-state index contributed by atoms with van der Waals surface area (Å²) in [7, 11) is -3.76. The van der Waals surface area contributed by atoms with E-state index in [0.29, 0.717) is 19.5 Å². The number of hydrogen-bond donors (Lipinski definition) is 1. The van der Waals surface area contributed by atoms with Gasteiger partial charge in [-0.1, -0.05) is 54.1 Å². The van der Waals surface area contributed by atoms with E-state index in [1.54, 1.807) is 24.3 Å². The molecule has 0 spiro atoms. The molecule has 0 fully saturated rings. The van der Waals surface area contributed by atoms with Crippen LogP contribution in [0, 0.1) is 6.92 Å². The molecule has 3 aromatic carbocycles. The number of carbonyl (C=O) groups excluding carboxylic acids is 1. The molecule has 0 bridgehead atoms. The molecular weight excluding hydrogens is 460 g/mol. The highest BCUT2D eigenvalue weighted by molar-refractivity contribution is 7.89. The second-order valence-corrected chi connectivity index (χ2v) is 11.1. The second-order valence-electron chi connectivity index (χ2n) is 9.18. The molecule has 1 aliphatic heterocycles. The lowest BCUT2D eigenvalue weighted by atomic mass is 9.92. The molecule has 4 rings (SSSR count). The zero-order chi connectivity index (χ0) is 25.0. The standard InChI is InChI=1S/C28H32N2O4S/c1-20(2)34-24-12-10-22(11-13-24)19-29-28(31)18-27-26-7-5-4-6-23(26)16-17-30(27)35(32,33)25-14-8-21(3)9-15-25/h4-15,20,27H,16-19H2,1-3H3,(H,29,31). The summed E-state index contributed by atoms with van der Waals surface area (Å²) in [6.45, 7) is 6.56. The molecule has 0 aliphatic carbocycles. The average Bonchev–Trinajstić information content (AvgIpc) is 2.83. The Kier molecular flexibility index (Phi) is 7.57. The lowest BCUT2D eigenvalue weighted by Gasteiger charge is -2.36. The van der Waals surface area contributed by atoms with Gasteiger partial charge in [0.1, 0.15) is 5.75 Å². The van der Waals surface area contributed by atoms with E-state index in [9.17, 15) is 13.2 Å². The second kappa shape index (κ2) is 10.6. The van der Waals surface area contributed by atoms with Crippen LogP contribution in [0.2, 0.25) is 0 Å². The molecule has 6 nitrogen and oxygen atoms in total. The van der Waals surface area contributed by atoms with Gasteiger partial charge in [-0.3, -0.25) is 4.79 Å². The van der Waals surface area contributed by atoms with Gasteiger partial charge in [-0.15, -0.1) is 0 Å². The van der Waals surface area contributed by atoms with Crippen LogP contribution in [0.4, 0.5) is 0 Å². The summed E-state index contributed by atoms with van der Waals surface area (Å²) < 4.78 is 34.3. The summed E-state index contributed by atoms with van der Waals surface area (Å²) in [4.78, 5) is 13.3. The van der Waals surface area contributed by atoms with Gasteiger partial charge in [-0.25, -0.2) is 8.42 Å². The molecule has 1 amide bonds. The molecule has 7 heteroatoms. The molecule has 0 saturated carbocycles. The van der Waals surface area contributed by atoms with E-state index in [-0.39, 0.29) is 23.3 Å². The van der Waals surface area contributed by atoms with Crippen LogP contribution in [-0.4, -0.2) is 31.3 Å². The van der Waals surface area contributed by atoms with Crippen molar-refractivity contribution in [2.24, 2.45) is 0 Å². The molecule has 184 valence electrons. The predicted octanol–water partition coefficient (Wildman–Crippen LogP) is 4.78. The van der Waals surface area contributed by atoms with E-state index in [2.05, 4.69) is 5.32 Å². The molecule has 1 aliphatic rings. The van der Waals surface area contributed by atoms with Crippen molar-refractivity contribution in [3.05, 3.63) is 95.1 Å². The Morgan fingerprint density at radius 1 is 1.03 bits per heavy atom. The largest absolute Gasteiger partial charge is 0.491 e. The number of hydrogen-bond acceptors (Lipinski definition) is 4. The molecule has 0 saturated heterocycles. The first-order valence-electron chi connectivity index (χ1n) is 11.9. The summed E-state index contributed by atoms with van der Waals surface area (Å²) in [5, 5.41) is 2.96. The molecule has 1 N–H and O–H groups in total. The van der Waals surface area contributed by atoms with Crippen molar-refractivity contribution in [3.63, 3.8) is 0 Å². The van der Waals surface area contributed by atoms with E-state index in [1.165, 1.54) is 4.31 Å². The molecule has 0 aromatic heterocycles. The van der Waals surface area contributed by atoms with Gasteiger partial charge in [-0.05, 0) is 68.1 Å². The van der Waals surface area contributed by atoms with Gasteiger partial charge >= 0.3 is 0 Å². The van der Waals surface area contributed by atoms with Crippen LogP contribution in [0.1, 0.15) is 48.6 Å². The number of benzene rings is 3. The third kappa shape index (κ3) is 5.92. The van der Waals surface area contributed by atoms with Gasteiger partial charge in [0.2, 0.25) is 15.9 Å². The Hall–Kier alpha value is -3.16. The number of nitrogens with one attached hydrogen (secondary N) is 1.